The normalized spacial score (nSPS) is 14.6. The fourth-order valence-electron chi connectivity index (χ4n) is 3.48. The molecule has 0 aliphatic carbocycles. The summed E-state index contributed by atoms with van der Waals surface area (Å²) in [6.45, 7) is 2.77. The summed E-state index contributed by atoms with van der Waals surface area (Å²) in [5.41, 5.74) is 6.91. The molecular weight excluding hydrogens is 418 g/mol. The van der Waals surface area contributed by atoms with Crippen LogP contribution in [0.2, 0.25) is 0 Å². The van der Waals surface area contributed by atoms with Gasteiger partial charge in [-0.3, -0.25) is 4.79 Å². The van der Waals surface area contributed by atoms with Gasteiger partial charge in [0.1, 0.15) is 23.8 Å². The van der Waals surface area contributed by atoms with Crippen molar-refractivity contribution in [1.82, 2.24) is 9.29 Å². The van der Waals surface area contributed by atoms with E-state index in [-0.39, 0.29) is 22.8 Å². The number of benzene rings is 2. The van der Waals surface area contributed by atoms with Crippen LogP contribution in [0.4, 0.5) is 0 Å². The number of aromatic nitrogens is 1. The van der Waals surface area contributed by atoms with Gasteiger partial charge < -0.3 is 14.9 Å². The summed E-state index contributed by atoms with van der Waals surface area (Å²) in [6, 6.07) is 13.6. The van der Waals surface area contributed by atoms with E-state index >= 15 is 0 Å². The number of carbonyl (C=O) groups excluding carboxylic acids is 1. The Morgan fingerprint density at radius 2 is 1.87 bits per heavy atom. The molecule has 0 unspecified atom stereocenters. The number of aryl methyl sites for hydroxylation is 1. The maximum atomic E-state index is 12.8. The summed E-state index contributed by atoms with van der Waals surface area (Å²) >= 11 is 0. The topological polar surface area (TPSA) is 116 Å². The number of nitrogens with zero attached hydrogens (tertiary/aromatic N) is 2. The molecule has 9 heteroatoms. The van der Waals surface area contributed by atoms with E-state index in [0.29, 0.717) is 30.4 Å². The van der Waals surface area contributed by atoms with Gasteiger partial charge in [0.25, 0.3) is 5.91 Å². The number of sulfonamides is 1. The van der Waals surface area contributed by atoms with Gasteiger partial charge in [0, 0.05) is 18.7 Å². The lowest BCUT2D eigenvalue weighted by atomic mass is 10.2. The van der Waals surface area contributed by atoms with E-state index in [1.165, 1.54) is 22.5 Å². The van der Waals surface area contributed by atoms with Crippen LogP contribution in [-0.2, 0) is 16.6 Å². The van der Waals surface area contributed by atoms with E-state index < -0.39 is 15.9 Å². The number of hydrogen-bond acceptors (Lipinski definition) is 6. The first-order chi connectivity index (χ1) is 14.9. The Bertz CT molecular complexity index is 1200. The van der Waals surface area contributed by atoms with Crippen molar-refractivity contribution in [1.29, 1.82) is 0 Å². The molecule has 8 nitrogen and oxygen atoms in total. The van der Waals surface area contributed by atoms with Crippen LogP contribution in [0.5, 0.6) is 5.75 Å². The Labute approximate surface area is 180 Å². The zero-order valence-electron chi connectivity index (χ0n) is 17.1. The first-order valence-electron chi connectivity index (χ1n) is 9.95. The Hall–Kier alpha value is -3.17. The van der Waals surface area contributed by atoms with Crippen LogP contribution in [0.25, 0.3) is 11.5 Å². The van der Waals surface area contributed by atoms with Crippen molar-refractivity contribution in [3.63, 3.8) is 0 Å². The van der Waals surface area contributed by atoms with Gasteiger partial charge >= 0.3 is 0 Å². The first kappa shape index (κ1) is 21.1. The average molecular weight is 442 g/mol. The van der Waals surface area contributed by atoms with Gasteiger partial charge in [0.05, 0.1) is 10.5 Å². The highest BCUT2D eigenvalue weighted by Gasteiger charge is 2.28. The van der Waals surface area contributed by atoms with Gasteiger partial charge in [-0.1, -0.05) is 18.2 Å². The Morgan fingerprint density at radius 3 is 2.55 bits per heavy atom. The van der Waals surface area contributed by atoms with Crippen molar-refractivity contribution < 1.29 is 22.4 Å². The fraction of sp³-hybridized carbons (Fsp3) is 0.273. The molecule has 0 atom stereocenters. The Morgan fingerprint density at radius 1 is 1.16 bits per heavy atom. The summed E-state index contributed by atoms with van der Waals surface area (Å²) in [4.78, 5) is 16.5. The van der Waals surface area contributed by atoms with Gasteiger partial charge in [-0.2, -0.15) is 4.31 Å². The van der Waals surface area contributed by atoms with E-state index in [4.69, 9.17) is 14.9 Å². The molecule has 1 fully saturated rings. The highest BCUT2D eigenvalue weighted by atomic mass is 32.2. The molecule has 1 aromatic heterocycles. The molecular formula is C22H23N3O5S. The van der Waals surface area contributed by atoms with Crippen LogP contribution < -0.4 is 10.5 Å². The molecule has 0 bridgehead atoms. The van der Waals surface area contributed by atoms with Crippen molar-refractivity contribution in [2.45, 2.75) is 31.3 Å². The number of amides is 1. The number of rotatable bonds is 7. The van der Waals surface area contributed by atoms with Crippen LogP contribution in [0.3, 0.4) is 0 Å². The number of ether oxygens (including phenoxy) is 1. The van der Waals surface area contributed by atoms with Crippen LogP contribution in [-0.4, -0.2) is 36.7 Å². The zero-order chi connectivity index (χ0) is 22.0. The minimum absolute atomic E-state index is 0.00435. The molecule has 1 aliphatic rings. The molecule has 2 heterocycles. The van der Waals surface area contributed by atoms with Crippen molar-refractivity contribution in [2.75, 3.05) is 13.1 Å². The quantitative estimate of drug-likeness (QED) is 0.602. The number of carbonyl (C=O) groups is 1. The van der Waals surface area contributed by atoms with Crippen LogP contribution >= 0.6 is 0 Å². The number of nitrogens with two attached hydrogens (primary N) is 1. The molecule has 1 saturated heterocycles. The summed E-state index contributed by atoms with van der Waals surface area (Å²) < 4.78 is 38.5. The molecule has 0 saturated carbocycles. The summed E-state index contributed by atoms with van der Waals surface area (Å²) in [5.74, 6) is 0.485. The van der Waals surface area contributed by atoms with Gasteiger partial charge in [0.15, 0.2) is 0 Å². The van der Waals surface area contributed by atoms with Crippen LogP contribution in [0.15, 0.2) is 57.8 Å². The van der Waals surface area contributed by atoms with E-state index in [1.54, 1.807) is 6.92 Å². The van der Waals surface area contributed by atoms with Crippen LogP contribution in [0.1, 0.15) is 34.7 Å². The van der Waals surface area contributed by atoms with Crippen molar-refractivity contribution in [2.24, 2.45) is 5.73 Å². The standard InChI is InChI=1S/C22H23N3O5S/c1-15-19(24-22(30-15)16-7-3-2-4-8-16)14-29-20-10-9-17(13-18(20)21(23)26)31(27,28)25-11-5-6-12-25/h2-4,7-10,13H,5-6,11-12,14H2,1H3,(H2,23,26). The molecule has 1 aliphatic heterocycles. The van der Waals surface area contributed by atoms with Gasteiger partial charge in [-0.05, 0) is 50.1 Å². The van der Waals surface area contributed by atoms with Crippen molar-refractivity contribution >= 4 is 15.9 Å². The second-order valence-electron chi connectivity index (χ2n) is 7.31. The first-order valence-corrected chi connectivity index (χ1v) is 11.4. The van der Waals surface area contributed by atoms with Gasteiger partial charge in [-0.15, -0.1) is 0 Å². The second kappa shape index (κ2) is 8.52. The average Bonchev–Trinajstić information content (AvgIpc) is 3.43. The summed E-state index contributed by atoms with van der Waals surface area (Å²) in [6.07, 6.45) is 1.65. The van der Waals surface area contributed by atoms with Crippen molar-refractivity contribution in [3.8, 4) is 17.2 Å². The SMILES string of the molecule is Cc1oc(-c2ccccc2)nc1COc1ccc(S(=O)(=O)N2CCCC2)cc1C(N)=O. The smallest absolute Gasteiger partial charge is 0.252 e. The minimum atomic E-state index is -3.67. The largest absolute Gasteiger partial charge is 0.486 e. The third-order valence-corrected chi connectivity index (χ3v) is 7.09. The van der Waals surface area contributed by atoms with E-state index in [2.05, 4.69) is 4.98 Å². The lowest BCUT2D eigenvalue weighted by Crippen LogP contribution is -2.28. The number of hydrogen-bond donors (Lipinski definition) is 1. The lowest BCUT2D eigenvalue weighted by molar-refractivity contribution is 0.0995. The maximum Gasteiger partial charge on any atom is 0.252 e. The third kappa shape index (κ3) is 4.33. The number of oxazole rings is 1. The predicted molar refractivity (Wildman–Crippen MR) is 114 cm³/mol. The van der Waals surface area contributed by atoms with E-state index in [1.807, 2.05) is 30.3 Å². The molecule has 1 amide bonds. The monoisotopic (exact) mass is 441 g/mol. The molecule has 3 aromatic rings. The highest BCUT2D eigenvalue weighted by molar-refractivity contribution is 7.89. The molecule has 31 heavy (non-hydrogen) atoms. The van der Waals surface area contributed by atoms with E-state index in [0.717, 1.165) is 18.4 Å². The van der Waals surface area contributed by atoms with Gasteiger partial charge in [0.2, 0.25) is 15.9 Å². The third-order valence-electron chi connectivity index (χ3n) is 5.20. The Balaban J connectivity index is 1.56. The maximum absolute atomic E-state index is 12.8. The highest BCUT2D eigenvalue weighted by Crippen LogP contribution is 2.28. The molecule has 2 N–H and O–H groups in total. The molecule has 4 rings (SSSR count). The van der Waals surface area contributed by atoms with E-state index in [9.17, 15) is 13.2 Å². The zero-order valence-corrected chi connectivity index (χ0v) is 17.9. The van der Waals surface area contributed by atoms with Crippen molar-refractivity contribution in [3.05, 3.63) is 65.5 Å². The molecule has 2 aromatic carbocycles. The summed E-state index contributed by atoms with van der Waals surface area (Å²) in [7, 11) is -3.67. The molecule has 0 spiro atoms. The predicted octanol–water partition coefficient (Wildman–Crippen LogP) is 3.11. The fourth-order valence-corrected chi connectivity index (χ4v) is 5.02. The second-order valence-corrected chi connectivity index (χ2v) is 9.25. The lowest BCUT2D eigenvalue weighted by Gasteiger charge is -2.17. The summed E-state index contributed by atoms with van der Waals surface area (Å²) in [5, 5.41) is 0. The minimum Gasteiger partial charge on any atom is -0.486 e. The van der Waals surface area contributed by atoms with Gasteiger partial charge in [-0.25, -0.2) is 13.4 Å². The molecule has 0 radical (unpaired) electrons. The molecule has 162 valence electrons. The number of primary amides is 1. The van der Waals surface area contributed by atoms with Crippen LogP contribution in [0, 0.1) is 6.92 Å². The Kier molecular flexibility index (Phi) is 5.79.